The van der Waals surface area contributed by atoms with Crippen LogP contribution in [-0.2, 0) is 6.54 Å². The smallest absolute Gasteiger partial charge is 0.261 e. The van der Waals surface area contributed by atoms with Crippen LogP contribution in [0.4, 0.5) is 0 Å². The summed E-state index contributed by atoms with van der Waals surface area (Å²) in [5.41, 5.74) is 5.38. The lowest BCUT2D eigenvalue weighted by molar-refractivity contribution is 0.740. The zero-order chi connectivity index (χ0) is 15.9. The van der Waals surface area contributed by atoms with Gasteiger partial charge in [-0.3, -0.25) is 9.36 Å². The molecular formula is C18H17ClN2O. The molecule has 22 heavy (non-hydrogen) atoms. The van der Waals surface area contributed by atoms with Gasteiger partial charge >= 0.3 is 0 Å². The fourth-order valence-electron chi connectivity index (χ4n) is 2.87. The quantitative estimate of drug-likeness (QED) is 0.716. The lowest BCUT2D eigenvalue weighted by atomic mass is 10.00. The van der Waals surface area contributed by atoms with E-state index in [9.17, 15) is 4.79 Å². The number of hydrogen-bond donors (Lipinski definition) is 0. The van der Waals surface area contributed by atoms with Crippen molar-refractivity contribution in [2.24, 2.45) is 0 Å². The van der Waals surface area contributed by atoms with Crippen molar-refractivity contribution in [3.63, 3.8) is 0 Å². The van der Waals surface area contributed by atoms with Gasteiger partial charge in [-0.1, -0.05) is 29.3 Å². The maximum Gasteiger partial charge on any atom is 0.261 e. The van der Waals surface area contributed by atoms with Crippen LogP contribution in [0.5, 0.6) is 0 Å². The van der Waals surface area contributed by atoms with Gasteiger partial charge in [0.1, 0.15) is 0 Å². The number of aromatic nitrogens is 2. The highest BCUT2D eigenvalue weighted by Crippen LogP contribution is 2.18. The van der Waals surface area contributed by atoms with Gasteiger partial charge in [-0.15, -0.1) is 0 Å². The van der Waals surface area contributed by atoms with Crippen molar-refractivity contribution < 1.29 is 0 Å². The van der Waals surface area contributed by atoms with Gasteiger partial charge in [0, 0.05) is 5.02 Å². The van der Waals surface area contributed by atoms with E-state index in [1.807, 2.05) is 0 Å². The predicted octanol–water partition coefficient (Wildman–Crippen LogP) is 4.02. The third kappa shape index (κ3) is 2.64. The van der Waals surface area contributed by atoms with E-state index in [1.54, 1.807) is 29.1 Å². The molecule has 0 aliphatic rings. The molecule has 3 aromatic rings. The molecule has 0 amide bonds. The van der Waals surface area contributed by atoms with E-state index in [0.717, 1.165) is 5.56 Å². The topological polar surface area (TPSA) is 34.9 Å². The second-order valence-electron chi connectivity index (χ2n) is 5.72. The molecule has 1 heterocycles. The van der Waals surface area contributed by atoms with E-state index >= 15 is 0 Å². The van der Waals surface area contributed by atoms with Crippen LogP contribution in [0.3, 0.4) is 0 Å². The third-order valence-corrected chi connectivity index (χ3v) is 4.19. The molecule has 0 saturated carbocycles. The Balaban J connectivity index is 2.12. The molecule has 0 atom stereocenters. The van der Waals surface area contributed by atoms with E-state index in [0.29, 0.717) is 22.5 Å². The van der Waals surface area contributed by atoms with Crippen LogP contribution in [0.2, 0.25) is 5.02 Å². The Morgan fingerprint density at radius 3 is 2.45 bits per heavy atom. The Morgan fingerprint density at radius 2 is 1.77 bits per heavy atom. The van der Waals surface area contributed by atoms with Gasteiger partial charge in [0.15, 0.2) is 0 Å². The Morgan fingerprint density at radius 1 is 1.09 bits per heavy atom. The molecule has 3 nitrogen and oxygen atoms in total. The molecule has 4 heteroatoms. The lowest BCUT2D eigenvalue weighted by Crippen LogP contribution is -2.22. The fraction of sp³-hybridized carbons (Fsp3) is 0.222. The minimum absolute atomic E-state index is 0.0631. The van der Waals surface area contributed by atoms with Crippen molar-refractivity contribution in [2.45, 2.75) is 27.3 Å². The summed E-state index contributed by atoms with van der Waals surface area (Å²) in [6, 6.07) is 9.47. The van der Waals surface area contributed by atoms with Gasteiger partial charge in [-0.2, -0.15) is 0 Å². The average Bonchev–Trinajstić information content (AvgIpc) is 2.45. The van der Waals surface area contributed by atoms with Crippen molar-refractivity contribution in [1.82, 2.24) is 9.55 Å². The number of halogens is 1. The zero-order valence-corrected chi connectivity index (χ0v) is 13.6. The Bertz CT molecular complexity index is 905. The number of benzene rings is 2. The van der Waals surface area contributed by atoms with E-state index in [4.69, 9.17) is 11.6 Å². The maximum absolute atomic E-state index is 12.6. The number of hydrogen-bond acceptors (Lipinski definition) is 2. The van der Waals surface area contributed by atoms with E-state index in [-0.39, 0.29) is 5.56 Å². The first-order chi connectivity index (χ1) is 10.5. The Labute approximate surface area is 134 Å². The van der Waals surface area contributed by atoms with Crippen molar-refractivity contribution >= 4 is 22.5 Å². The van der Waals surface area contributed by atoms with Crippen LogP contribution in [-0.4, -0.2) is 9.55 Å². The van der Waals surface area contributed by atoms with Crippen LogP contribution in [0.1, 0.15) is 22.3 Å². The molecule has 0 aliphatic heterocycles. The number of fused-ring (bicyclic) bond motifs is 1. The molecular weight excluding hydrogens is 296 g/mol. The summed E-state index contributed by atoms with van der Waals surface area (Å²) in [4.78, 5) is 17.0. The highest BCUT2D eigenvalue weighted by Gasteiger charge is 2.09. The van der Waals surface area contributed by atoms with Gasteiger partial charge in [0.05, 0.1) is 23.8 Å². The van der Waals surface area contributed by atoms with Gasteiger partial charge in [0.2, 0.25) is 0 Å². The van der Waals surface area contributed by atoms with Gasteiger partial charge in [-0.05, 0) is 55.7 Å². The monoisotopic (exact) mass is 312 g/mol. The average molecular weight is 313 g/mol. The first kappa shape index (κ1) is 14.8. The maximum atomic E-state index is 12.6. The summed E-state index contributed by atoms with van der Waals surface area (Å²) >= 11 is 6.00. The minimum atomic E-state index is -0.0631. The van der Waals surface area contributed by atoms with Gasteiger partial charge in [-0.25, -0.2) is 4.98 Å². The second-order valence-corrected chi connectivity index (χ2v) is 6.15. The minimum Gasteiger partial charge on any atom is -0.294 e. The second kappa shape index (κ2) is 5.58. The van der Waals surface area contributed by atoms with Gasteiger partial charge < -0.3 is 0 Å². The van der Waals surface area contributed by atoms with E-state index in [1.165, 1.54) is 16.7 Å². The number of aryl methyl sites for hydroxylation is 3. The van der Waals surface area contributed by atoms with Crippen LogP contribution in [0.25, 0.3) is 10.9 Å². The highest BCUT2D eigenvalue weighted by molar-refractivity contribution is 6.31. The van der Waals surface area contributed by atoms with Crippen LogP contribution in [0.15, 0.2) is 41.5 Å². The molecule has 3 rings (SSSR count). The molecule has 0 bridgehead atoms. The molecule has 0 fully saturated rings. The molecule has 0 radical (unpaired) electrons. The first-order valence-corrected chi connectivity index (χ1v) is 7.55. The van der Waals surface area contributed by atoms with Crippen molar-refractivity contribution in [1.29, 1.82) is 0 Å². The summed E-state index contributed by atoms with van der Waals surface area (Å²) in [5, 5.41) is 1.10. The molecule has 2 aromatic carbocycles. The summed E-state index contributed by atoms with van der Waals surface area (Å²) in [6.07, 6.45) is 1.61. The fourth-order valence-corrected chi connectivity index (χ4v) is 3.05. The molecule has 0 N–H and O–H groups in total. The summed E-state index contributed by atoms with van der Waals surface area (Å²) in [5.74, 6) is 0. The van der Waals surface area contributed by atoms with Gasteiger partial charge in [0.25, 0.3) is 5.56 Å². The van der Waals surface area contributed by atoms with Crippen LogP contribution >= 0.6 is 11.6 Å². The first-order valence-electron chi connectivity index (χ1n) is 7.17. The Kier molecular flexibility index (Phi) is 3.75. The molecule has 0 unspecified atom stereocenters. The van der Waals surface area contributed by atoms with Crippen LogP contribution in [0, 0.1) is 20.8 Å². The SMILES string of the molecule is Cc1cc(C)c(Cn2cnc3ccc(Cl)cc3c2=O)c(C)c1. The predicted molar refractivity (Wildman–Crippen MR) is 90.8 cm³/mol. The molecule has 112 valence electrons. The van der Waals surface area contributed by atoms with Crippen LogP contribution < -0.4 is 5.56 Å². The molecule has 0 aliphatic carbocycles. The number of nitrogens with zero attached hydrogens (tertiary/aromatic N) is 2. The van der Waals surface area contributed by atoms with E-state index in [2.05, 4.69) is 37.9 Å². The summed E-state index contributed by atoms with van der Waals surface area (Å²) in [6.45, 7) is 6.75. The van der Waals surface area contributed by atoms with Crippen molar-refractivity contribution in [3.8, 4) is 0 Å². The molecule has 0 spiro atoms. The molecule has 1 aromatic heterocycles. The largest absolute Gasteiger partial charge is 0.294 e. The summed E-state index contributed by atoms with van der Waals surface area (Å²) < 4.78 is 1.64. The Hall–Kier alpha value is -2.13. The number of rotatable bonds is 2. The third-order valence-electron chi connectivity index (χ3n) is 3.95. The molecule has 0 saturated heterocycles. The normalized spacial score (nSPS) is 11.1. The lowest BCUT2D eigenvalue weighted by Gasteiger charge is -2.13. The van der Waals surface area contributed by atoms with E-state index < -0.39 is 0 Å². The van der Waals surface area contributed by atoms with Crippen molar-refractivity contribution in [2.75, 3.05) is 0 Å². The standard InChI is InChI=1S/C18H17ClN2O/c1-11-6-12(2)16(13(3)7-11)9-21-10-20-17-5-4-14(19)8-15(17)18(21)22/h4-8,10H,9H2,1-3H3. The summed E-state index contributed by atoms with van der Waals surface area (Å²) in [7, 11) is 0. The zero-order valence-electron chi connectivity index (χ0n) is 12.9. The van der Waals surface area contributed by atoms with Crippen molar-refractivity contribution in [3.05, 3.63) is 74.3 Å². The highest BCUT2D eigenvalue weighted by atomic mass is 35.5.